The Balaban J connectivity index is 2.49. The molecule has 1 atom stereocenters. The first kappa shape index (κ1) is 10.4. The van der Waals surface area contributed by atoms with Gasteiger partial charge in [-0.1, -0.05) is 0 Å². The van der Waals surface area contributed by atoms with E-state index in [0.29, 0.717) is 0 Å². The molecule has 0 bridgehead atoms. The number of likely N-dealkylation sites (N-methyl/N-ethyl adjacent to an activating group) is 1. The SMILES string of the molecule is CN1CC(C(C)(C)O)c2cc(F)ccc21. The highest BCUT2D eigenvalue weighted by molar-refractivity contribution is 5.60. The fourth-order valence-electron chi connectivity index (χ4n) is 2.23. The number of benzene rings is 1. The monoisotopic (exact) mass is 209 g/mol. The van der Waals surface area contributed by atoms with E-state index in [1.165, 1.54) is 12.1 Å². The highest BCUT2D eigenvalue weighted by atomic mass is 19.1. The summed E-state index contributed by atoms with van der Waals surface area (Å²) in [5, 5.41) is 10.0. The lowest BCUT2D eigenvalue weighted by molar-refractivity contribution is 0.0550. The molecule has 0 aromatic heterocycles. The van der Waals surface area contributed by atoms with Crippen LogP contribution in [0, 0.1) is 5.82 Å². The molecule has 0 saturated heterocycles. The number of hydrogen-bond donors (Lipinski definition) is 1. The van der Waals surface area contributed by atoms with Gasteiger partial charge in [-0.25, -0.2) is 4.39 Å². The molecule has 82 valence electrons. The first-order chi connectivity index (χ1) is 6.89. The maximum absolute atomic E-state index is 13.2. The van der Waals surface area contributed by atoms with Gasteiger partial charge in [0.25, 0.3) is 0 Å². The Hall–Kier alpha value is -1.09. The van der Waals surface area contributed by atoms with E-state index in [4.69, 9.17) is 0 Å². The van der Waals surface area contributed by atoms with Crippen LogP contribution in [0.2, 0.25) is 0 Å². The summed E-state index contributed by atoms with van der Waals surface area (Å²) in [6.45, 7) is 4.28. The van der Waals surface area contributed by atoms with Gasteiger partial charge in [-0.05, 0) is 37.6 Å². The molecule has 0 amide bonds. The van der Waals surface area contributed by atoms with Gasteiger partial charge >= 0.3 is 0 Å². The van der Waals surface area contributed by atoms with Crippen molar-refractivity contribution in [2.75, 3.05) is 18.5 Å². The second-order valence-electron chi connectivity index (χ2n) is 4.79. The third-order valence-electron chi connectivity index (χ3n) is 3.09. The molecule has 2 rings (SSSR count). The Kier molecular flexibility index (Phi) is 2.23. The molecule has 0 spiro atoms. The molecule has 1 heterocycles. The predicted octanol–water partition coefficient (Wildman–Crippen LogP) is 2.13. The number of anilines is 1. The second-order valence-corrected chi connectivity index (χ2v) is 4.79. The summed E-state index contributed by atoms with van der Waals surface area (Å²) >= 11 is 0. The van der Waals surface area contributed by atoms with Gasteiger partial charge in [0.05, 0.1) is 5.60 Å². The lowest BCUT2D eigenvalue weighted by Gasteiger charge is -2.26. The Morgan fingerprint density at radius 1 is 1.47 bits per heavy atom. The van der Waals surface area contributed by atoms with Crippen LogP contribution in [0.15, 0.2) is 18.2 Å². The zero-order valence-electron chi connectivity index (χ0n) is 9.29. The molecule has 1 unspecified atom stereocenters. The number of halogens is 1. The average Bonchev–Trinajstić information content (AvgIpc) is 2.42. The van der Waals surface area contributed by atoms with Crippen molar-refractivity contribution in [1.29, 1.82) is 0 Å². The molecule has 0 radical (unpaired) electrons. The van der Waals surface area contributed by atoms with Gasteiger partial charge in [0.15, 0.2) is 0 Å². The Morgan fingerprint density at radius 2 is 2.13 bits per heavy atom. The van der Waals surface area contributed by atoms with Crippen molar-refractivity contribution >= 4 is 5.69 Å². The van der Waals surface area contributed by atoms with Gasteiger partial charge in [-0.15, -0.1) is 0 Å². The summed E-state index contributed by atoms with van der Waals surface area (Å²) < 4.78 is 13.2. The third-order valence-corrected chi connectivity index (χ3v) is 3.09. The van der Waals surface area contributed by atoms with Crippen LogP contribution in [0.3, 0.4) is 0 Å². The van der Waals surface area contributed by atoms with Crippen LogP contribution in [-0.4, -0.2) is 24.3 Å². The minimum atomic E-state index is -0.812. The Morgan fingerprint density at radius 3 is 2.73 bits per heavy atom. The molecule has 0 aliphatic carbocycles. The number of fused-ring (bicyclic) bond motifs is 1. The highest BCUT2D eigenvalue weighted by Crippen LogP contribution is 2.41. The zero-order valence-corrected chi connectivity index (χ0v) is 9.29. The van der Waals surface area contributed by atoms with Crippen LogP contribution in [-0.2, 0) is 0 Å². The van der Waals surface area contributed by atoms with Gasteiger partial charge in [-0.2, -0.15) is 0 Å². The molecule has 1 aliphatic rings. The molecule has 2 nitrogen and oxygen atoms in total. The molecule has 15 heavy (non-hydrogen) atoms. The van der Waals surface area contributed by atoms with Crippen LogP contribution in [0.4, 0.5) is 10.1 Å². The van der Waals surface area contributed by atoms with Crippen LogP contribution >= 0.6 is 0 Å². The van der Waals surface area contributed by atoms with E-state index in [2.05, 4.69) is 4.90 Å². The fraction of sp³-hybridized carbons (Fsp3) is 0.500. The summed E-state index contributed by atoms with van der Waals surface area (Å²) in [6.07, 6.45) is 0. The smallest absolute Gasteiger partial charge is 0.123 e. The summed E-state index contributed by atoms with van der Waals surface area (Å²) in [5.74, 6) is -0.258. The summed E-state index contributed by atoms with van der Waals surface area (Å²) in [4.78, 5) is 2.05. The van der Waals surface area contributed by atoms with E-state index >= 15 is 0 Å². The van der Waals surface area contributed by atoms with E-state index in [9.17, 15) is 9.50 Å². The standard InChI is InChI=1S/C12H16FNO/c1-12(2,15)10-7-14(3)11-5-4-8(13)6-9(10)11/h4-6,10,15H,7H2,1-3H3. The minimum Gasteiger partial charge on any atom is -0.390 e. The lowest BCUT2D eigenvalue weighted by Crippen LogP contribution is -2.32. The van der Waals surface area contributed by atoms with Crippen LogP contribution in [0.5, 0.6) is 0 Å². The molecule has 1 aromatic carbocycles. The largest absolute Gasteiger partial charge is 0.390 e. The topological polar surface area (TPSA) is 23.5 Å². The second kappa shape index (κ2) is 3.20. The maximum atomic E-state index is 13.2. The number of hydrogen-bond acceptors (Lipinski definition) is 2. The van der Waals surface area contributed by atoms with Crippen molar-refractivity contribution in [3.8, 4) is 0 Å². The van der Waals surface area contributed by atoms with E-state index in [-0.39, 0.29) is 11.7 Å². The number of nitrogens with zero attached hydrogens (tertiary/aromatic N) is 1. The summed E-state index contributed by atoms with van der Waals surface area (Å²) in [5.41, 5.74) is 1.11. The van der Waals surface area contributed by atoms with Gasteiger partial charge < -0.3 is 10.0 Å². The molecule has 1 aromatic rings. The zero-order chi connectivity index (χ0) is 11.2. The number of aliphatic hydroxyl groups is 1. The third kappa shape index (κ3) is 1.72. The van der Waals surface area contributed by atoms with Crippen LogP contribution < -0.4 is 4.90 Å². The van der Waals surface area contributed by atoms with Gasteiger partial charge in [0.1, 0.15) is 5.82 Å². The lowest BCUT2D eigenvalue weighted by atomic mass is 9.86. The summed E-state index contributed by atoms with van der Waals surface area (Å²) in [7, 11) is 1.96. The molecule has 1 aliphatic heterocycles. The van der Waals surface area contributed by atoms with Crippen LogP contribution in [0.1, 0.15) is 25.3 Å². The molecule has 0 fully saturated rings. The Bertz CT molecular complexity index is 384. The van der Waals surface area contributed by atoms with Crippen molar-refractivity contribution in [1.82, 2.24) is 0 Å². The maximum Gasteiger partial charge on any atom is 0.123 e. The van der Waals surface area contributed by atoms with E-state index in [0.717, 1.165) is 17.8 Å². The van der Waals surface area contributed by atoms with Crippen molar-refractivity contribution in [3.05, 3.63) is 29.6 Å². The van der Waals surface area contributed by atoms with E-state index in [1.54, 1.807) is 19.9 Å². The number of rotatable bonds is 1. The van der Waals surface area contributed by atoms with Crippen molar-refractivity contribution in [3.63, 3.8) is 0 Å². The van der Waals surface area contributed by atoms with Crippen LogP contribution in [0.25, 0.3) is 0 Å². The highest BCUT2D eigenvalue weighted by Gasteiger charge is 2.36. The molecule has 3 heteroatoms. The molecular formula is C12H16FNO. The molecular weight excluding hydrogens is 193 g/mol. The minimum absolute atomic E-state index is 0.0202. The fourth-order valence-corrected chi connectivity index (χ4v) is 2.23. The van der Waals surface area contributed by atoms with E-state index in [1.807, 2.05) is 7.05 Å². The Labute approximate surface area is 89.3 Å². The van der Waals surface area contributed by atoms with Crippen molar-refractivity contribution in [2.45, 2.75) is 25.4 Å². The quantitative estimate of drug-likeness (QED) is 0.766. The van der Waals surface area contributed by atoms with Crippen molar-refractivity contribution < 1.29 is 9.50 Å². The summed E-state index contributed by atoms with van der Waals surface area (Å²) in [6, 6.07) is 4.76. The average molecular weight is 209 g/mol. The molecule has 0 saturated carbocycles. The normalized spacial score (nSPS) is 20.6. The van der Waals surface area contributed by atoms with Gasteiger partial charge in [0, 0.05) is 25.2 Å². The van der Waals surface area contributed by atoms with Gasteiger partial charge in [-0.3, -0.25) is 0 Å². The first-order valence-electron chi connectivity index (χ1n) is 5.12. The predicted molar refractivity (Wildman–Crippen MR) is 58.7 cm³/mol. The first-order valence-corrected chi connectivity index (χ1v) is 5.12. The van der Waals surface area contributed by atoms with E-state index < -0.39 is 5.60 Å². The van der Waals surface area contributed by atoms with Crippen molar-refractivity contribution in [2.24, 2.45) is 0 Å². The van der Waals surface area contributed by atoms with Gasteiger partial charge in [0.2, 0.25) is 0 Å². The molecule has 1 N–H and O–H groups in total.